The van der Waals surface area contributed by atoms with Gasteiger partial charge in [-0.05, 0) is 48.3 Å². The molecule has 3 heterocycles. The Morgan fingerprint density at radius 3 is 2.75 bits per heavy atom. The summed E-state index contributed by atoms with van der Waals surface area (Å²) in [6.07, 6.45) is 5.37. The monoisotopic (exact) mass is 344 g/mol. The van der Waals surface area contributed by atoms with Crippen LogP contribution in [-0.2, 0) is 19.5 Å². The van der Waals surface area contributed by atoms with Crippen LogP contribution in [0.2, 0.25) is 5.28 Å². The molecule has 0 unspecified atom stereocenters. The second kappa shape index (κ2) is 7.59. The van der Waals surface area contributed by atoms with E-state index in [0.29, 0.717) is 13.1 Å². The fraction of sp³-hybridized carbons (Fsp3) is 0.353. The SMILES string of the molecule is CCCn1c(CCN)cc2c(NCc3ccncc3)nc(Cl)nc21. The van der Waals surface area contributed by atoms with E-state index < -0.39 is 0 Å². The highest BCUT2D eigenvalue weighted by atomic mass is 35.5. The number of nitrogens with two attached hydrogens (primary N) is 1. The summed E-state index contributed by atoms with van der Waals surface area (Å²) in [6, 6.07) is 6.05. The lowest BCUT2D eigenvalue weighted by atomic mass is 10.2. The van der Waals surface area contributed by atoms with E-state index in [2.05, 4.69) is 37.8 Å². The number of fused-ring (bicyclic) bond motifs is 1. The second-order valence-electron chi connectivity index (χ2n) is 5.61. The number of nitrogens with one attached hydrogen (secondary N) is 1. The summed E-state index contributed by atoms with van der Waals surface area (Å²) in [5.74, 6) is 0.745. The molecule has 126 valence electrons. The van der Waals surface area contributed by atoms with Gasteiger partial charge >= 0.3 is 0 Å². The Balaban J connectivity index is 1.99. The van der Waals surface area contributed by atoms with Crippen molar-refractivity contribution in [1.82, 2.24) is 19.5 Å². The fourth-order valence-electron chi connectivity index (χ4n) is 2.80. The quantitative estimate of drug-likeness (QED) is 0.644. The molecule has 0 radical (unpaired) electrons. The fourth-order valence-corrected chi connectivity index (χ4v) is 2.96. The predicted octanol–water partition coefficient (Wildman–Crippen LogP) is 3.00. The molecule has 0 atom stereocenters. The van der Waals surface area contributed by atoms with E-state index in [1.165, 1.54) is 0 Å². The van der Waals surface area contributed by atoms with Gasteiger partial charge in [0.1, 0.15) is 11.5 Å². The molecule has 24 heavy (non-hydrogen) atoms. The molecule has 0 aliphatic carbocycles. The molecular weight excluding hydrogens is 324 g/mol. The van der Waals surface area contributed by atoms with Gasteiger partial charge in [-0.1, -0.05) is 6.92 Å². The van der Waals surface area contributed by atoms with Crippen molar-refractivity contribution in [3.05, 3.63) is 47.1 Å². The molecule has 0 spiro atoms. The molecular formula is C17H21ClN6. The smallest absolute Gasteiger partial charge is 0.226 e. The van der Waals surface area contributed by atoms with Crippen molar-refractivity contribution in [2.24, 2.45) is 5.73 Å². The molecule has 0 saturated carbocycles. The molecule has 0 fully saturated rings. The molecule has 0 aliphatic rings. The maximum atomic E-state index is 6.15. The van der Waals surface area contributed by atoms with Crippen molar-refractivity contribution in [1.29, 1.82) is 0 Å². The Morgan fingerprint density at radius 1 is 1.25 bits per heavy atom. The number of halogens is 1. The van der Waals surface area contributed by atoms with E-state index in [1.54, 1.807) is 12.4 Å². The van der Waals surface area contributed by atoms with E-state index in [-0.39, 0.29) is 5.28 Å². The van der Waals surface area contributed by atoms with Crippen LogP contribution in [0.4, 0.5) is 5.82 Å². The first-order valence-electron chi connectivity index (χ1n) is 8.11. The molecule has 0 aromatic carbocycles. The average Bonchev–Trinajstić information content (AvgIpc) is 2.92. The van der Waals surface area contributed by atoms with Crippen LogP contribution < -0.4 is 11.1 Å². The van der Waals surface area contributed by atoms with Crippen molar-refractivity contribution in [2.75, 3.05) is 11.9 Å². The summed E-state index contributed by atoms with van der Waals surface area (Å²) >= 11 is 6.15. The summed E-state index contributed by atoms with van der Waals surface area (Å²) < 4.78 is 2.19. The Bertz CT molecular complexity index is 815. The zero-order valence-electron chi connectivity index (χ0n) is 13.7. The lowest BCUT2D eigenvalue weighted by Crippen LogP contribution is -2.09. The van der Waals surface area contributed by atoms with Crippen LogP contribution >= 0.6 is 11.6 Å². The van der Waals surface area contributed by atoms with E-state index in [9.17, 15) is 0 Å². The number of aryl methyl sites for hydroxylation is 1. The van der Waals surface area contributed by atoms with Gasteiger partial charge in [0.05, 0.1) is 5.39 Å². The zero-order valence-corrected chi connectivity index (χ0v) is 14.4. The highest BCUT2D eigenvalue weighted by molar-refractivity contribution is 6.28. The van der Waals surface area contributed by atoms with Crippen LogP contribution in [0.3, 0.4) is 0 Å². The molecule has 6 nitrogen and oxygen atoms in total. The first kappa shape index (κ1) is 16.7. The second-order valence-corrected chi connectivity index (χ2v) is 5.95. The molecule has 3 rings (SSSR count). The van der Waals surface area contributed by atoms with Crippen molar-refractivity contribution >= 4 is 28.5 Å². The number of hydrogen-bond acceptors (Lipinski definition) is 5. The summed E-state index contributed by atoms with van der Waals surface area (Å²) in [5.41, 5.74) is 8.90. The summed E-state index contributed by atoms with van der Waals surface area (Å²) in [4.78, 5) is 12.8. The van der Waals surface area contributed by atoms with E-state index in [0.717, 1.165) is 47.5 Å². The van der Waals surface area contributed by atoms with Crippen molar-refractivity contribution in [3.8, 4) is 0 Å². The standard InChI is InChI=1S/C17H21ClN6/c1-2-9-24-13(3-6-19)10-14-15(22-17(18)23-16(14)24)21-11-12-4-7-20-8-5-12/h4-5,7-8,10H,2-3,6,9,11,19H2,1H3,(H,21,22,23). The van der Waals surface area contributed by atoms with Gasteiger partial charge in [0.15, 0.2) is 0 Å². The van der Waals surface area contributed by atoms with Gasteiger partial charge < -0.3 is 15.6 Å². The lowest BCUT2D eigenvalue weighted by molar-refractivity contribution is 0.660. The van der Waals surface area contributed by atoms with Crippen LogP contribution in [-0.4, -0.2) is 26.1 Å². The van der Waals surface area contributed by atoms with Crippen LogP contribution in [0.25, 0.3) is 11.0 Å². The molecule has 7 heteroatoms. The van der Waals surface area contributed by atoms with Crippen LogP contribution in [0.15, 0.2) is 30.6 Å². The van der Waals surface area contributed by atoms with E-state index in [4.69, 9.17) is 17.3 Å². The molecule has 0 bridgehead atoms. The maximum Gasteiger partial charge on any atom is 0.226 e. The first-order chi connectivity index (χ1) is 11.7. The van der Waals surface area contributed by atoms with E-state index >= 15 is 0 Å². The molecule has 0 saturated heterocycles. The molecule has 3 aromatic rings. The normalized spacial score (nSPS) is 11.1. The van der Waals surface area contributed by atoms with Gasteiger partial charge in [0.2, 0.25) is 5.28 Å². The van der Waals surface area contributed by atoms with Crippen LogP contribution in [0.1, 0.15) is 24.6 Å². The van der Waals surface area contributed by atoms with Gasteiger partial charge in [-0.15, -0.1) is 0 Å². The zero-order chi connectivity index (χ0) is 16.9. The summed E-state index contributed by atoms with van der Waals surface area (Å²) in [6.45, 7) is 4.27. The Labute approximate surface area is 146 Å². The van der Waals surface area contributed by atoms with Crippen molar-refractivity contribution in [3.63, 3.8) is 0 Å². The topological polar surface area (TPSA) is 81.6 Å². The lowest BCUT2D eigenvalue weighted by Gasteiger charge is -2.09. The average molecular weight is 345 g/mol. The molecule has 0 aliphatic heterocycles. The van der Waals surface area contributed by atoms with Gasteiger partial charge in [0.25, 0.3) is 0 Å². The van der Waals surface area contributed by atoms with Crippen LogP contribution in [0.5, 0.6) is 0 Å². The Kier molecular flexibility index (Phi) is 5.27. The number of anilines is 1. The largest absolute Gasteiger partial charge is 0.365 e. The van der Waals surface area contributed by atoms with Crippen molar-refractivity contribution < 1.29 is 0 Å². The summed E-state index contributed by atoms with van der Waals surface area (Å²) in [7, 11) is 0. The molecule has 3 aromatic heterocycles. The van der Waals surface area contributed by atoms with Crippen LogP contribution in [0, 0.1) is 0 Å². The minimum Gasteiger partial charge on any atom is -0.365 e. The minimum atomic E-state index is 0.245. The first-order valence-corrected chi connectivity index (χ1v) is 8.49. The third-order valence-electron chi connectivity index (χ3n) is 3.87. The number of rotatable bonds is 7. The third-order valence-corrected chi connectivity index (χ3v) is 4.04. The number of nitrogens with zero attached hydrogens (tertiary/aromatic N) is 4. The molecule has 0 amide bonds. The Morgan fingerprint density at radius 2 is 2.04 bits per heavy atom. The van der Waals surface area contributed by atoms with Gasteiger partial charge in [-0.25, -0.2) is 4.98 Å². The number of aromatic nitrogens is 4. The van der Waals surface area contributed by atoms with Gasteiger partial charge in [-0.2, -0.15) is 4.98 Å². The van der Waals surface area contributed by atoms with E-state index in [1.807, 2.05) is 12.1 Å². The molecule has 3 N–H and O–H groups in total. The minimum absolute atomic E-state index is 0.245. The summed E-state index contributed by atoms with van der Waals surface area (Å²) in [5, 5.41) is 4.58. The maximum absolute atomic E-state index is 6.15. The highest BCUT2D eigenvalue weighted by Crippen LogP contribution is 2.27. The highest BCUT2D eigenvalue weighted by Gasteiger charge is 2.15. The Hall–Kier alpha value is -2.18. The third kappa shape index (κ3) is 3.49. The predicted molar refractivity (Wildman–Crippen MR) is 97.2 cm³/mol. The van der Waals surface area contributed by atoms with Gasteiger partial charge in [-0.3, -0.25) is 4.98 Å². The number of pyridine rings is 1. The number of hydrogen-bond donors (Lipinski definition) is 2. The van der Waals surface area contributed by atoms with Crippen molar-refractivity contribution in [2.45, 2.75) is 32.9 Å². The van der Waals surface area contributed by atoms with Gasteiger partial charge in [0, 0.05) is 37.6 Å².